The van der Waals surface area contributed by atoms with E-state index in [1.165, 1.54) is 24.3 Å². The van der Waals surface area contributed by atoms with Crippen LogP contribution in [0.2, 0.25) is 10.0 Å². The van der Waals surface area contributed by atoms with Crippen LogP contribution >= 0.6 is 23.2 Å². The number of halogens is 7. The highest BCUT2D eigenvalue weighted by molar-refractivity contribution is 7.92. The first kappa shape index (κ1) is 41.4. The molecule has 2 aromatic heterocycles. The van der Waals surface area contributed by atoms with E-state index in [2.05, 4.69) is 9.72 Å². The van der Waals surface area contributed by atoms with Gasteiger partial charge in [-0.05, 0) is 66.3 Å². The third-order valence-electron chi connectivity index (χ3n) is 8.82. The fourth-order valence-corrected chi connectivity index (χ4v) is 7.29. The second-order valence-corrected chi connectivity index (χ2v) is 15.8. The van der Waals surface area contributed by atoms with Crippen molar-refractivity contribution in [2.45, 2.75) is 44.7 Å². The molecule has 302 valence electrons. The van der Waals surface area contributed by atoms with E-state index < -0.39 is 65.5 Å². The number of carbonyl (C=O) groups excluding carboxylic acids is 3. The minimum atomic E-state index is -4.72. The molecule has 21 heteroatoms. The number of carbonyl (C=O) groups is 3. The van der Waals surface area contributed by atoms with Crippen molar-refractivity contribution in [1.29, 1.82) is 0 Å². The van der Waals surface area contributed by atoms with Crippen LogP contribution in [0.5, 0.6) is 11.5 Å². The molecule has 0 bridgehead atoms. The summed E-state index contributed by atoms with van der Waals surface area (Å²) in [5.74, 6) is -3.21. The Kier molecular flexibility index (Phi) is 11.8. The second kappa shape index (κ2) is 16.3. The third-order valence-corrected chi connectivity index (χ3v) is 10.6. The van der Waals surface area contributed by atoms with Crippen molar-refractivity contribution in [2.75, 3.05) is 23.7 Å². The topological polar surface area (TPSA) is 159 Å². The SMILES string of the molecule is CS(=O)(=O)N(Cc1ccc(C(F)(F)F)nc1)c1ccc2c(c1)C(=O)N(CC(=O)OC(Cc1c(Cl)c[n+]([O-])cc1Cl)c1ccc(OC(F)F)c(OCC3CC3)c1)C2=O. The van der Waals surface area contributed by atoms with Gasteiger partial charge in [-0.3, -0.25) is 28.6 Å². The molecule has 3 heterocycles. The Morgan fingerprint density at radius 2 is 1.70 bits per heavy atom. The first-order chi connectivity index (χ1) is 26.8. The highest BCUT2D eigenvalue weighted by Gasteiger charge is 2.39. The predicted molar refractivity (Wildman–Crippen MR) is 191 cm³/mol. The quantitative estimate of drug-likeness (QED) is 0.0424. The second-order valence-electron chi connectivity index (χ2n) is 13.1. The Balaban J connectivity index is 1.25. The Morgan fingerprint density at radius 1 is 1.02 bits per heavy atom. The summed E-state index contributed by atoms with van der Waals surface area (Å²) >= 11 is 12.6. The van der Waals surface area contributed by atoms with E-state index in [-0.39, 0.29) is 74.0 Å². The number of hydrogen-bond acceptors (Lipinski definition) is 10. The minimum Gasteiger partial charge on any atom is -0.619 e. The van der Waals surface area contributed by atoms with Crippen molar-refractivity contribution in [3.8, 4) is 11.5 Å². The number of aromatic nitrogens is 2. The summed E-state index contributed by atoms with van der Waals surface area (Å²) in [7, 11) is -4.12. The zero-order valence-electron chi connectivity index (χ0n) is 29.3. The van der Waals surface area contributed by atoms with Crippen LogP contribution in [0.15, 0.2) is 67.1 Å². The van der Waals surface area contributed by atoms with E-state index in [1.54, 1.807) is 0 Å². The highest BCUT2D eigenvalue weighted by Crippen LogP contribution is 2.38. The summed E-state index contributed by atoms with van der Waals surface area (Å²) in [6, 6.07) is 9.01. The molecule has 1 atom stereocenters. The molecule has 1 aliphatic carbocycles. The van der Waals surface area contributed by atoms with Crippen LogP contribution in [0.25, 0.3) is 0 Å². The lowest BCUT2D eigenvalue weighted by Gasteiger charge is -2.23. The molecule has 13 nitrogen and oxygen atoms in total. The number of pyridine rings is 2. The van der Waals surface area contributed by atoms with E-state index in [1.807, 2.05) is 0 Å². The molecule has 57 heavy (non-hydrogen) atoms. The molecule has 0 saturated heterocycles. The van der Waals surface area contributed by atoms with Gasteiger partial charge < -0.3 is 19.4 Å². The van der Waals surface area contributed by atoms with Crippen LogP contribution in [0, 0.1) is 11.1 Å². The number of amides is 2. The number of nitrogens with zero attached hydrogens (tertiary/aromatic N) is 4. The summed E-state index contributed by atoms with van der Waals surface area (Å²) in [6.07, 6.45) is -0.855. The summed E-state index contributed by atoms with van der Waals surface area (Å²) in [5, 5.41) is 11.7. The van der Waals surface area contributed by atoms with Crippen molar-refractivity contribution in [3.63, 3.8) is 0 Å². The minimum absolute atomic E-state index is 0.0818. The van der Waals surface area contributed by atoms with E-state index in [0.29, 0.717) is 15.7 Å². The van der Waals surface area contributed by atoms with Crippen molar-refractivity contribution in [2.24, 2.45) is 5.92 Å². The number of benzene rings is 2. The van der Waals surface area contributed by atoms with Crippen LogP contribution in [-0.4, -0.2) is 62.1 Å². The Hall–Kier alpha value is -5.27. The largest absolute Gasteiger partial charge is 0.619 e. The van der Waals surface area contributed by atoms with Crippen LogP contribution in [0.4, 0.5) is 27.6 Å². The first-order valence-corrected chi connectivity index (χ1v) is 19.4. The molecule has 2 amide bonds. The van der Waals surface area contributed by atoms with Gasteiger partial charge >= 0.3 is 18.8 Å². The van der Waals surface area contributed by atoms with Crippen molar-refractivity contribution in [1.82, 2.24) is 9.88 Å². The molecule has 4 aromatic rings. The van der Waals surface area contributed by atoms with Gasteiger partial charge in [-0.25, -0.2) is 8.42 Å². The van der Waals surface area contributed by atoms with E-state index in [9.17, 15) is 50.0 Å². The summed E-state index contributed by atoms with van der Waals surface area (Å²) < 4.78 is 108. The van der Waals surface area contributed by atoms with Gasteiger partial charge in [0.2, 0.25) is 10.0 Å². The third kappa shape index (κ3) is 9.82. The van der Waals surface area contributed by atoms with Crippen LogP contribution < -0.4 is 18.5 Å². The van der Waals surface area contributed by atoms with Gasteiger partial charge in [0.15, 0.2) is 23.9 Å². The maximum atomic E-state index is 13.6. The molecule has 2 aliphatic rings. The predicted octanol–water partition coefficient (Wildman–Crippen LogP) is 6.52. The summed E-state index contributed by atoms with van der Waals surface area (Å²) in [4.78, 5) is 44.4. The standard InChI is InChI=1S/C36H29Cl2F5N4O9S/c1-57(52,53)47(14-20-4-9-31(44-13-20)36(41,42)43)22-6-7-23-24(11-22)34(50)46(33(23)49)17-32(48)55-29(12-25-26(37)15-45(51)16-27(25)38)21-5-8-28(56-35(39)40)30(10-21)54-18-19-2-3-19/h4-11,13,15-16,19,29,35H,2-3,12,14,17-18H2,1H3. The maximum Gasteiger partial charge on any atom is 0.433 e. The van der Waals surface area contributed by atoms with Gasteiger partial charge in [-0.15, -0.1) is 0 Å². The number of esters is 1. The lowest BCUT2D eigenvalue weighted by Crippen LogP contribution is -2.36. The Labute approximate surface area is 331 Å². The number of fused-ring (bicyclic) bond motifs is 1. The molecule has 6 rings (SSSR count). The molecule has 1 fully saturated rings. The van der Waals surface area contributed by atoms with Crippen LogP contribution in [0.3, 0.4) is 0 Å². The Bertz CT molecular complexity index is 2310. The molecule has 2 aromatic carbocycles. The molecular formula is C36H29Cl2F5N4O9S. The average Bonchev–Trinajstić information content (AvgIpc) is 3.93. The van der Waals surface area contributed by atoms with Crippen molar-refractivity contribution < 1.29 is 63.7 Å². The van der Waals surface area contributed by atoms with Crippen LogP contribution in [-0.2, 0) is 38.7 Å². The normalized spacial score (nSPS) is 14.8. The number of hydrogen-bond donors (Lipinski definition) is 0. The number of rotatable bonds is 15. The molecule has 1 aliphatic heterocycles. The van der Waals surface area contributed by atoms with E-state index >= 15 is 0 Å². The van der Waals surface area contributed by atoms with Gasteiger partial charge in [-0.1, -0.05) is 35.3 Å². The molecule has 0 N–H and O–H groups in total. The Morgan fingerprint density at radius 3 is 2.30 bits per heavy atom. The molecule has 1 saturated carbocycles. The lowest BCUT2D eigenvalue weighted by molar-refractivity contribution is -0.605. The molecular weight excluding hydrogens is 830 g/mol. The molecule has 0 spiro atoms. The summed E-state index contributed by atoms with van der Waals surface area (Å²) in [5.41, 5.74) is -1.34. The fourth-order valence-electron chi connectivity index (χ4n) is 5.82. The molecule has 0 radical (unpaired) electrons. The number of alkyl halides is 5. The van der Waals surface area contributed by atoms with Crippen molar-refractivity contribution in [3.05, 3.63) is 116 Å². The van der Waals surface area contributed by atoms with Gasteiger partial charge in [0.1, 0.15) is 28.4 Å². The van der Waals surface area contributed by atoms with Gasteiger partial charge in [0, 0.05) is 18.2 Å². The smallest absolute Gasteiger partial charge is 0.433 e. The highest BCUT2D eigenvalue weighted by atomic mass is 35.5. The number of sulfonamides is 1. The van der Waals surface area contributed by atoms with Gasteiger partial charge in [-0.2, -0.15) is 26.7 Å². The maximum absolute atomic E-state index is 13.6. The number of imide groups is 1. The van der Waals surface area contributed by atoms with E-state index in [0.717, 1.165) is 60.2 Å². The first-order valence-electron chi connectivity index (χ1n) is 16.8. The van der Waals surface area contributed by atoms with E-state index in [4.69, 9.17) is 32.7 Å². The number of ether oxygens (including phenoxy) is 3. The van der Waals surface area contributed by atoms with Gasteiger partial charge in [0.05, 0.1) is 36.2 Å². The number of anilines is 1. The van der Waals surface area contributed by atoms with Crippen LogP contribution in [0.1, 0.15) is 62.0 Å². The van der Waals surface area contributed by atoms with Crippen molar-refractivity contribution >= 4 is 56.7 Å². The summed E-state index contributed by atoms with van der Waals surface area (Å²) in [6.45, 7) is -4.41. The zero-order chi connectivity index (χ0) is 41.4. The average molecular weight is 860 g/mol. The van der Waals surface area contributed by atoms with Gasteiger partial charge in [0.25, 0.3) is 11.8 Å². The fraction of sp³-hybridized carbons (Fsp3) is 0.306. The molecule has 1 unspecified atom stereocenters. The monoisotopic (exact) mass is 858 g/mol. The zero-order valence-corrected chi connectivity index (χ0v) is 31.7. The lowest BCUT2D eigenvalue weighted by atomic mass is 10.0.